The normalized spacial score (nSPS) is 28.1. The molecule has 1 aliphatic carbocycles. The molecule has 0 radical (unpaired) electrons. The highest BCUT2D eigenvalue weighted by Crippen LogP contribution is 2.35. The van der Waals surface area contributed by atoms with E-state index in [-0.39, 0.29) is 11.7 Å². The Bertz CT molecular complexity index is 448. The number of rotatable bonds is 2. The van der Waals surface area contributed by atoms with E-state index in [1.54, 1.807) is 0 Å². The maximum absolute atomic E-state index is 12.5. The second-order valence-corrected chi connectivity index (χ2v) is 7.18. The lowest BCUT2D eigenvalue weighted by Gasteiger charge is -2.30. The first kappa shape index (κ1) is 14.3. The van der Waals surface area contributed by atoms with Gasteiger partial charge in [-0.25, -0.2) is 0 Å². The highest BCUT2D eigenvalue weighted by atomic mass is 127. The van der Waals surface area contributed by atoms with Crippen LogP contribution in [0.1, 0.15) is 43.5 Å². The van der Waals surface area contributed by atoms with Crippen molar-refractivity contribution in [3.8, 4) is 0 Å². The van der Waals surface area contributed by atoms with Gasteiger partial charge in [-0.15, -0.1) is 0 Å². The smallest absolute Gasteiger partial charge is 0.166 e. The third-order valence-electron chi connectivity index (χ3n) is 3.75. The topological polar surface area (TPSA) is 17.1 Å². The summed E-state index contributed by atoms with van der Waals surface area (Å²) in [5.41, 5.74) is 0.770. The van der Waals surface area contributed by atoms with Gasteiger partial charge < -0.3 is 0 Å². The van der Waals surface area contributed by atoms with Gasteiger partial charge in [0.1, 0.15) is 0 Å². The van der Waals surface area contributed by atoms with E-state index in [1.807, 2.05) is 18.2 Å². The Labute approximate surface area is 127 Å². The monoisotopic (exact) mass is 376 g/mol. The fourth-order valence-corrected chi connectivity index (χ4v) is 3.56. The van der Waals surface area contributed by atoms with Crippen LogP contribution in [0.2, 0.25) is 5.02 Å². The molecule has 0 aliphatic heterocycles. The SMILES string of the molecule is CC1CC(C)CC(C(=O)c2ccc(I)c(Cl)c2)C1. The lowest BCUT2D eigenvalue weighted by atomic mass is 9.74. The zero-order chi connectivity index (χ0) is 13.3. The summed E-state index contributed by atoms with van der Waals surface area (Å²) in [6, 6.07) is 5.64. The predicted octanol–water partition coefficient (Wildman–Crippen LogP) is 5.20. The van der Waals surface area contributed by atoms with Gasteiger partial charge in [0.2, 0.25) is 0 Å². The van der Waals surface area contributed by atoms with Crippen molar-refractivity contribution in [2.24, 2.45) is 17.8 Å². The van der Waals surface area contributed by atoms with Gasteiger partial charge in [-0.2, -0.15) is 0 Å². The summed E-state index contributed by atoms with van der Waals surface area (Å²) in [6.45, 7) is 4.49. The summed E-state index contributed by atoms with van der Waals surface area (Å²) < 4.78 is 0.996. The average molecular weight is 377 g/mol. The molecular formula is C15H18ClIO. The Morgan fingerprint density at radius 1 is 1.22 bits per heavy atom. The van der Waals surface area contributed by atoms with Crippen LogP contribution < -0.4 is 0 Å². The van der Waals surface area contributed by atoms with Gasteiger partial charge in [-0.3, -0.25) is 4.79 Å². The number of ketones is 1. The molecule has 0 amide bonds. The van der Waals surface area contributed by atoms with Crippen molar-refractivity contribution in [3.63, 3.8) is 0 Å². The van der Waals surface area contributed by atoms with Crippen molar-refractivity contribution in [2.45, 2.75) is 33.1 Å². The van der Waals surface area contributed by atoms with Crippen LogP contribution >= 0.6 is 34.2 Å². The van der Waals surface area contributed by atoms with E-state index in [0.717, 1.165) is 22.0 Å². The molecule has 1 aromatic rings. The summed E-state index contributed by atoms with van der Waals surface area (Å²) in [5.74, 6) is 1.76. The molecule has 0 N–H and O–H groups in total. The number of hydrogen-bond acceptors (Lipinski definition) is 1. The third kappa shape index (κ3) is 3.27. The highest BCUT2D eigenvalue weighted by Gasteiger charge is 2.29. The maximum atomic E-state index is 12.5. The van der Waals surface area contributed by atoms with Crippen LogP contribution in [0, 0.1) is 21.3 Å². The van der Waals surface area contributed by atoms with E-state index < -0.39 is 0 Å². The molecule has 2 unspecified atom stereocenters. The van der Waals surface area contributed by atoms with E-state index in [1.165, 1.54) is 6.42 Å². The first-order chi connectivity index (χ1) is 8.47. The molecule has 1 saturated carbocycles. The van der Waals surface area contributed by atoms with Crippen LogP contribution in [0.4, 0.5) is 0 Å². The highest BCUT2D eigenvalue weighted by molar-refractivity contribution is 14.1. The zero-order valence-electron chi connectivity index (χ0n) is 10.7. The largest absolute Gasteiger partial charge is 0.294 e. The molecule has 0 spiro atoms. The number of carbonyl (C=O) groups excluding carboxylic acids is 1. The minimum atomic E-state index is 0.180. The van der Waals surface area contributed by atoms with Gasteiger partial charge >= 0.3 is 0 Å². The van der Waals surface area contributed by atoms with Crippen molar-refractivity contribution >= 4 is 40.0 Å². The summed E-state index contributed by atoms with van der Waals surface area (Å²) in [4.78, 5) is 12.5. The first-order valence-electron chi connectivity index (χ1n) is 6.46. The van der Waals surface area contributed by atoms with Gasteiger partial charge in [0.25, 0.3) is 0 Å². The van der Waals surface area contributed by atoms with Crippen molar-refractivity contribution in [2.75, 3.05) is 0 Å². The molecule has 18 heavy (non-hydrogen) atoms. The fourth-order valence-electron chi connectivity index (χ4n) is 3.05. The molecule has 0 saturated heterocycles. The molecule has 1 fully saturated rings. The van der Waals surface area contributed by atoms with E-state index >= 15 is 0 Å². The van der Waals surface area contributed by atoms with Gasteiger partial charge in [0.15, 0.2) is 5.78 Å². The third-order valence-corrected chi connectivity index (χ3v) is 5.33. The number of carbonyl (C=O) groups is 1. The Balaban J connectivity index is 2.17. The first-order valence-corrected chi connectivity index (χ1v) is 7.92. The van der Waals surface area contributed by atoms with Crippen LogP contribution in [0.15, 0.2) is 18.2 Å². The molecule has 0 bridgehead atoms. The van der Waals surface area contributed by atoms with Crippen molar-refractivity contribution in [1.29, 1.82) is 0 Å². The molecule has 2 rings (SSSR count). The minimum absolute atomic E-state index is 0.180. The molecule has 0 heterocycles. The summed E-state index contributed by atoms with van der Waals surface area (Å²) in [6.07, 6.45) is 3.29. The number of Topliss-reactive ketones (excluding diaryl/α,β-unsaturated/α-hetero) is 1. The lowest BCUT2D eigenvalue weighted by Crippen LogP contribution is -2.26. The van der Waals surface area contributed by atoms with Crippen LogP contribution in [0.3, 0.4) is 0 Å². The summed E-state index contributed by atoms with van der Waals surface area (Å²) >= 11 is 8.28. The number of halogens is 2. The zero-order valence-corrected chi connectivity index (χ0v) is 13.7. The molecule has 1 aromatic carbocycles. The van der Waals surface area contributed by atoms with Crippen molar-refractivity contribution < 1.29 is 4.79 Å². The van der Waals surface area contributed by atoms with Crippen LogP contribution in [-0.4, -0.2) is 5.78 Å². The molecule has 0 aromatic heterocycles. The fraction of sp³-hybridized carbons (Fsp3) is 0.533. The van der Waals surface area contributed by atoms with E-state index in [9.17, 15) is 4.79 Å². The average Bonchev–Trinajstić information content (AvgIpc) is 2.30. The molecular weight excluding hydrogens is 359 g/mol. The Morgan fingerprint density at radius 3 is 2.39 bits per heavy atom. The lowest BCUT2D eigenvalue weighted by molar-refractivity contribution is 0.0836. The van der Waals surface area contributed by atoms with Crippen LogP contribution in [0.5, 0.6) is 0 Å². The number of benzene rings is 1. The van der Waals surface area contributed by atoms with E-state index in [0.29, 0.717) is 16.9 Å². The van der Waals surface area contributed by atoms with E-state index in [2.05, 4.69) is 36.4 Å². The van der Waals surface area contributed by atoms with Crippen LogP contribution in [-0.2, 0) is 0 Å². The summed E-state index contributed by atoms with van der Waals surface area (Å²) in [7, 11) is 0. The Hall–Kier alpha value is -0.0900. The number of hydrogen-bond donors (Lipinski definition) is 0. The maximum Gasteiger partial charge on any atom is 0.166 e. The van der Waals surface area contributed by atoms with Gasteiger partial charge in [0.05, 0.1) is 5.02 Å². The van der Waals surface area contributed by atoms with Crippen LogP contribution in [0.25, 0.3) is 0 Å². The summed E-state index contributed by atoms with van der Waals surface area (Å²) in [5, 5.41) is 0.679. The molecule has 1 aliphatic rings. The molecule has 2 atom stereocenters. The van der Waals surface area contributed by atoms with Gasteiger partial charge in [-0.1, -0.05) is 31.5 Å². The molecule has 98 valence electrons. The second kappa shape index (κ2) is 5.91. The second-order valence-electron chi connectivity index (χ2n) is 5.61. The Kier molecular flexibility index (Phi) is 4.70. The Morgan fingerprint density at radius 2 is 1.83 bits per heavy atom. The van der Waals surface area contributed by atoms with Gasteiger partial charge in [-0.05, 0) is 65.8 Å². The molecule has 3 heteroatoms. The van der Waals surface area contributed by atoms with Gasteiger partial charge in [0, 0.05) is 15.1 Å². The van der Waals surface area contributed by atoms with E-state index in [4.69, 9.17) is 11.6 Å². The quantitative estimate of drug-likeness (QED) is 0.512. The predicted molar refractivity (Wildman–Crippen MR) is 84.2 cm³/mol. The molecule has 1 nitrogen and oxygen atoms in total. The standard InChI is InChI=1S/C15H18ClIO/c1-9-5-10(2)7-12(6-9)15(18)11-3-4-14(17)13(16)8-11/h3-4,8-10,12H,5-7H2,1-2H3. The van der Waals surface area contributed by atoms with Crippen molar-refractivity contribution in [3.05, 3.63) is 32.4 Å². The minimum Gasteiger partial charge on any atom is -0.294 e. The van der Waals surface area contributed by atoms with Crippen molar-refractivity contribution in [1.82, 2.24) is 0 Å².